The minimum absolute atomic E-state index is 0.380. The van der Waals surface area contributed by atoms with E-state index in [0.29, 0.717) is 44.4 Å². The summed E-state index contributed by atoms with van der Waals surface area (Å²) in [7, 11) is 2.26. The summed E-state index contributed by atoms with van der Waals surface area (Å²) in [5, 5.41) is 9.15. The number of hydrogen-bond acceptors (Lipinski definition) is 5. The molecule has 1 aliphatic rings. The van der Waals surface area contributed by atoms with Gasteiger partial charge in [-0.05, 0) is 35.3 Å². The van der Waals surface area contributed by atoms with Crippen molar-refractivity contribution in [2.24, 2.45) is 0 Å². The van der Waals surface area contributed by atoms with Crippen molar-refractivity contribution in [2.75, 3.05) is 20.3 Å². The first-order valence-corrected chi connectivity index (χ1v) is 7.33. The van der Waals surface area contributed by atoms with Crippen LogP contribution in [0.15, 0.2) is 36.4 Å². The number of benzene rings is 2. The minimum atomic E-state index is 0.380. The molecule has 0 atom stereocenters. The number of rotatable bonds is 6. The molecule has 0 amide bonds. The van der Waals surface area contributed by atoms with E-state index in [0.717, 1.165) is 11.3 Å². The first-order valence-electron chi connectivity index (χ1n) is 7.33. The number of hydrogen-bond donors (Lipinski definition) is 0. The molecule has 0 bridgehead atoms. The molecule has 3 rings (SSSR count). The van der Waals surface area contributed by atoms with E-state index in [1.54, 1.807) is 25.3 Å². The lowest BCUT2D eigenvalue weighted by Gasteiger charge is -2.11. The zero-order chi connectivity index (χ0) is 16.1. The summed E-state index contributed by atoms with van der Waals surface area (Å²) in [6.45, 7) is 1.46. The van der Waals surface area contributed by atoms with Crippen LogP contribution in [0, 0.1) is 11.3 Å². The summed E-state index contributed by atoms with van der Waals surface area (Å²) in [6.07, 6.45) is 0. The Hall–Kier alpha value is -2.49. The van der Waals surface area contributed by atoms with Crippen LogP contribution in [0.1, 0.15) is 11.1 Å². The molecule has 1 aliphatic heterocycles. The second kappa shape index (κ2) is 7.18. The molecule has 0 aromatic heterocycles. The largest absolute Gasteiger partial charge is 0.490 e. The third-order valence-electron chi connectivity index (χ3n) is 3.55. The SMILES string of the molecule is COCCOc1cc(Oc2ccc3c(c2)COB3)ccc1C#N. The molecule has 0 N–H and O–H groups in total. The van der Waals surface area contributed by atoms with E-state index >= 15 is 0 Å². The molecule has 116 valence electrons. The van der Waals surface area contributed by atoms with Gasteiger partial charge in [0, 0.05) is 13.2 Å². The normalized spacial score (nSPS) is 12.2. The topological polar surface area (TPSA) is 60.7 Å². The van der Waals surface area contributed by atoms with Crippen LogP contribution in [-0.2, 0) is 16.0 Å². The predicted molar refractivity (Wildman–Crippen MR) is 86.6 cm³/mol. The van der Waals surface area contributed by atoms with Gasteiger partial charge in [-0.1, -0.05) is 6.07 Å². The lowest BCUT2D eigenvalue weighted by molar-refractivity contribution is 0.146. The van der Waals surface area contributed by atoms with Crippen molar-refractivity contribution >= 4 is 12.9 Å². The number of ether oxygens (including phenoxy) is 3. The summed E-state index contributed by atoms with van der Waals surface area (Å²) in [4.78, 5) is 0. The van der Waals surface area contributed by atoms with E-state index in [4.69, 9.17) is 24.1 Å². The highest BCUT2D eigenvalue weighted by molar-refractivity contribution is 6.48. The number of fused-ring (bicyclic) bond motifs is 1. The fourth-order valence-corrected chi connectivity index (χ4v) is 2.36. The zero-order valence-electron chi connectivity index (χ0n) is 12.9. The fraction of sp³-hybridized carbons (Fsp3) is 0.235. The van der Waals surface area contributed by atoms with Gasteiger partial charge in [-0.25, -0.2) is 0 Å². The first kappa shape index (κ1) is 15.4. The maximum atomic E-state index is 9.15. The van der Waals surface area contributed by atoms with Crippen molar-refractivity contribution < 1.29 is 18.9 Å². The number of nitriles is 1. The van der Waals surface area contributed by atoms with Gasteiger partial charge in [0.1, 0.15) is 29.9 Å². The van der Waals surface area contributed by atoms with Crippen LogP contribution < -0.4 is 14.9 Å². The highest BCUT2D eigenvalue weighted by atomic mass is 16.5. The van der Waals surface area contributed by atoms with E-state index in [2.05, 4.69) is 6.07 Å². The third-order valence-corrected chi connectivity index (χ3v) is 3.55. The lowest BCUT2D eigenvalue weighted by atomic mass is 9.87. The minimum Gasteiger partial charge on any atom is -0.490 e. The van der Waals surface area contributed by atoms with Gasteiger partial charge in [-0.3, -0.25) is 0 Å². The maximum absolute atomic E-state index is 9.15. The van der Waals surface area contributed by atoms with Crippen LogP contribution in [0.3, 0.4) is 0 Å². The molecule has 6 heteroatoms. The maximum Gasteiger partial charge on any atom is 0.309 e. The van der Waals surface area contributed by atoms with Crippen molar-refractivity contribution in [3.05, 3.63) is 47.5 Å². The summed E-state index contributed by atoms with van der Waals surface area (Å²) in [6, 6.07) is 13.2. The Kier molecular flexibility index (Phi) is 4.81. The van der Waals surface area contributed by atoms with Gasteiger partial charge in [0.25, 0.3) is 0 Å². The van der Waals surface area contributed by atoms with Crippen LogP contribution in [0.4, 0.5) is 0 Å². The van der Waals surface area contributed by atoms with E-state index in [1.165, 1.54) is 5.46 Å². The summed E-state index contributed by atoms with van der Waals surface area (Å²) >= 11 is 0. The highest BCUT2D eigenvalue weighted by Gasteiger charge is 2.14. The molecule has 1 heterocycles. The molecule has 0 fully saturated rings. The van der Waals surface area contributed by atoms with Crippen molar-refractivity contribution in [3.63, 3.8) is 0 Å². The predicted octanol–water partition coefficient (Wildman–Crippen LogP) is 1.88. The Morgan fingerprint density at radius 2 is 2.00 bits per heavy atom. The molecular weight excluding hydrogens is 293 g/mol. The van der Waals surface area contributed by atoms with Gasteiger partial charge in [0.15, 0.2) is 0 Å². The average Bonchev–Trinajstić information content (AvgIpc) is 3.03. The molecule has 0 saturated carbocycles. The van der Waals surface area contributed by atoms with Gasteiger partial charge in [0.05, 0.1) is 18.8 Å². The molecule has 5 nitrogen and oxygen atoms in total. The number of methoxy groups -OCH3 is 1. The van der Waals surface area contributed by atoms with Crippen LogP contribution in [0.25, 0.3) is 0 Å². The summed E-state index contributed by atoms with van der Waals surface area (Å²) < 4.78 is 21.8. The van der Waals surface area contributed by atoms with Gasteiger partial charge >= 0.3 is 7.48 Å². The van der Waals surface area contributed by atoms with Crippen molar-refractivity contribution in [3.8, 4) is 23.3 Å². The Morgan fingerprint density at radius 1 is 1.17 bits per heavy atom. The van der Waals surface area contributed by atoms with E-state index in [9.17, 15) is 0 Å². The second-order valence-electron chi connectivity index (χ2n) is 5.14. The molecule has 2 aromatic carbocycles. The van der Waals surface area contributed by atoms with Gasteiger partial charge in [-0.15, -0.1) is 0 Å². The lowest BCUT2D eigenvalue weighted by Crippen LogP contribution is -2.10. The van der Waals surface area contributed by atoms with Crippen LogP contribution >= 0.6 is 0 Å². The molecule has 2 aromatic rings. The van der Waals surface area contributed by atoms with E-state index in [-0.39, 0.29) is 0 Å². The van der Waals surface area contributed by atoms with Crippen molar-refractivity contribution in [1.82, 2.24) is 0 Å². The summed E-state index contributed by atoms with van der Waals surface area (Å²) in [5.41, 5.74) is 2.81. The van der Waals surface area contributed by atoms with Crippen LogP contribution in [0.5, 0.6) is 17.2 Å². The van der Waals surface area contributed by atoms with Gasteiger partial charge < -0.3 is 18.9 Å². The third kappa shape index (κ3) is 3.65. The van der Waals surface area contributed by atoms with Crippen LogP contribution in [0.2, 0.25) is 0 Å². The Morgan fingerprint density at radius 3 is 2.83 bits per heavy atom. The molecule has 0 radical (unpaired) electrons. The Labute approximate surface area is 135 Å². The summed E-state index contributed by atoms with van der Waals surface area (Å²) in [5.74, 6) is 1.85. The average molecular weight is 309 g/mol. The number of nitrogens with zero attached hydrogens (tertiary/aromatic N) is 1. The molecule has 0 aliphatic carbocycles. The Balaban J connectivity index is 1.77. The van der Waals surface area contributed by atoms with E-state index < -0.39 is 0 Å². The Bertz CT molecular complexity index is 742. The zero-order valence-corrected chi connectivity index (χ0v) is 12.9. The van der Waals surface area contributed by atoms with Gasteiger partial charge in [-0.2, -0.15) is 5.26 Å². The second-order valence-corrected chi connectivity index (χ2v) is 5.14. The fourth-order valence-electron chi connectivity index (χ4n) is 2.36. The molecule has 0 unspecified atom stereocenters. The molecule has 0 saturated heterocycles. The quantitative estimate of drug-likeness (QED) is 0.602. The smallest absolute Gasteiger partial charge is 0.309 e. The first-order chi connectivity index (χ1) is 11.3. The van der Waals surface area contributed by atoms with Crippen LogP contribution in [-0.4, -0.2) is 27.8 Å². The van der Waals surface area contributed by atoms with Crippen molar-refractivity contribution in [1.29, 1.82) is 5.26 Å². The monoisotopic (exact) mass is 309 g/mol. The van der Waals surface area contributed by atoms with E-state index in [1.807, 2.05) is 18.2 Å². The standard InChI is InChI=1S/C17H16BNO4/c1-20-6-7-21-17-9-15(3-2-12(17)10-19)23-14-4-5-16-13(8-14)11-22-18-16/h2-5,8-9,18H,6-7,11H2,1H3. The molecule has 0 spiro atoms. The van der Waals surface area contributed by atoms with Crippen molar-refractivity contribution in [2.45, 2.75) is 6.61 Å². The molecule has 23 heavy (non-hydrogen) atoms. The van der Waals surface area contributed by atoms with Gasteiger partial charge in [0.2, 0.25) is 0 Å². The molecular formula is C17H16BNO4. The highest BCUT2D eigenvalue weighted by Crippen LogP contribution is 2.28.